The Kier molecular flexibility index (Phi) is 5.14. The van der Waals surface area contributed by atoms with Gasteiger partial charge in [0.1, 0.15) is 5.00 Å². The van der Waals surface area contributed by atoms with E-state index in [1.807, 2.05) is 31.2 Å². The Balaban J connectivity index is 1.67. The number of ketones is 1. The lowest BCUT2D eigenvalue weighted by Gasteiger charge is -2.13. The number of aryl methyl sites for hydroxylation is 2. The van der Waals surface area contributed by atoms with Gasteiger partial charge in [0.05, 0.1) is 23.0 Å². The van der Waals surface area contributed by atoms with Crippen LogP contribution in [-0.4, -0.2) is 31.6 Å². The van der Waals surface area contributed by atoms with Gasteiger partial charge in [-0.15, -0.1) is 11.3 Å². The first-order valence-electron chi connectivity index (χ1n) is 9.61. The minimum atomic E-state index is -3.13. The average molecular weight is 418 g/mol. The van der Waals surface area contributed by atoms with E-state index in [2.05, 4.69) is 5.32 Å². The summed E-state index contributed by atoms with van der Waals surface area (Å²) in [5.41, 5.74) is 3.34. The van der Waals surface area contributed by atoms with Crippen molar-refractivity contribution in [2.24, 2.45) is 5.92 Å². The number of hydrogen-bond acceptors (Lipinski definition) is 5. The molecule has 1 aliphatic heterocycles. The Morgan fingerprint density at radius 3 is 2.50 bits per heavy atom. The molecule has 1 N–H and O–H groups in total. The first-order chi connectivity index (χ1) is 13.3. The molecule has 1 aromatic carbocycles. The van der Waals surface area contributed by atoms with Gasteiger partial charge in [0.15, 0.2) is 15.6 Å². The molecule has 0 bridgehead atoms. The van der Waals surface area contributed by atoms with E-state index in [0.29, 0.717) is 22.5 Å². The predicted octanol–water partition coefficient (Wildman–Crippen LogP) is 3.54. The summed E-state index contributed by atoms with van der Waals surface area (Å²) in [6.07, 6.45) is 4.22. The van der Waals surface area contributed by atoms with E-state index in [0.717, 1.165) is 41.7 Å². The van der Waals surface area contributed by atoms with Gasteiger partial charge < -0.3 is 5.32 Å². The summed E-state index contributed by atoms with van der Waals surface area (Å²) in [5, 5.41) is 3.48. The van der Waals surface area contributed by atoms with E-state index in [4.69, 9.17) is 0 Å². The third-order valence-corrected chi connectivity index (χ3v) is 8.53. The van der Waals surface area contributed by atoms with Crippen LogP contribution in [0.3, 0.4) is 0 Å². The molecule has 7 heteroatoms. The van der Waals surface area contributed by atoms with Crippen LogP contribution in [0.5, 0.6) is 0 Å². The molecule has 0 spiro atoms. The molecule has 148 valence electrons. The lowest BCUT2D eigenvalue weighted by atomic mass is 9.91. The van der Waals surface area contributed by atoms with Crippen molar-refractivity contribution in [3.63, 3.8) is 0 Å². The number of benzene rings is 1. The summed E-state index contributed by atoms with van der Waals surface area (Å²) < 4.78 is 23.4. The lowest BCUT2D eigenvalue weighted by molar-refractivity contribution is -0.119. The zero-order chi connectivity index (χ0) is 19.9. The number of thiophene rings is 1. The molecular formula is C21H23NO4S2. The molecule has 1 aliphatic carbocycles. The Morgan fingerprint density at radius 2 is 1.82 bits per heavy atom. The van der Waals surface area contributed by atoms with Gasteiger partial charge in [0, 0.05) is 10.4 Å². The number of fused-ring (bicyclic) bond motifs is 1. The third-order valence-electron chi connectivity index (χ3n) is 5.55. The van der Waals surface area contributed by atoms with Crippen LogP contribution < -0.4 is 5.32 Å². The molecule has 1 fully saturated rings. The van der Waals surface area contributed by atoms with Gasteiger partial charge in [-0.2, -0.15) is 0 Å². The first-order valence-corrected chi connectivity index (χ1v) is 12.2. The molecular weight excluding hydrogens is 394 g/mol. The van der Waals surface area contributed by atoms with Crippen molar-refractivity contribution < 1.29 is 18.0 Å². The number of sulfone groups is 1. The molecule has 1 saturated heterocycles. The molecule has 1 unspecified atom stereocenters. The molecule has 2 heterocycles. The van der Waals surface area contributed by atoms with Gasteiger partial charge >= 0.3 is 0 Å². The van der Waals surface area contributed by atoms with Crippen LogP contribution in [-0.2, 0) is 27.5 Å². The number of anilines is 1. The number of carbonyl (C=O) groups excluding carboxylic acids is 2. The van der Waals surface area contributed by atoms with E-state index in [1.54, 1.807) is 0 Å². The maximum atomic E-state index is 13.3. The topological polar surface area (TPSA) is 80.3 Å². The lowest BCUT2D eigenvalue weighted by Crippen LogP contribution is -2.24. The second-order valence-corrected chi connectivity index (χ2v) is 11.0. The SMILES string of the molecule is Cc1ccc(C(=O)c2c(NC(=O)C3CCS(=O)(=O)C3)sc3c2CCCC3)cc1. The van der Waals surface area contributed by atoms with Gasteiger partial charge in [-0.25, -0.2) is 8.42 Å². The summed E-state index contributed by atoms with van der Waals surface area (Å²) in [6.45, 7) is 1.97. The van der Waals surface area contributed by atoms with Crippen molar-refractivity contribution >= 4 is 37.9 Å². The number of rotatable bonds is 4. The Morgan fingerprint density at radius 1 is 1.11 bits per heavy atom. The number of carbonyl (C=O) groups is 2. The molecule has 28 heavy (non-hydrogen) atoms. The summed E-state index contributed by atoms with van der Waals surface area (Å²) >= 11 is 1.47. The minimum Gasteiger partial charge on any atom is -0.317 e. The first kappa shape index (κ1) is 19.3. The van der Waals surface area contributed by atoms with Crippen molar-refractivity contribution in [2.45, 2.75) is 39.0 Å². The van der Waals surface area contributed by atoms with Crippen molar-refractivity contribution in [1.82, 2.24) is 0 Å². The normalized spacial score (nSPS) is 20.5. The standard InChI is InChI=1S/C21H23NO4S2/c1-13-6-8-14(9-7-13)19(23)18-16-4-2-3-5-17(16)27-21(18)22-20(24)15-10-11-28(25,26)12-15/h6-9,15H,2-5,10-12H2,1H3,(H,22,24). The highest BCUT2D eigenvalue weighted by Gasteiger charge is 2.34. The number of nitrogens with one attached hydrogen (secondary N) is 1. The van der Waals surface area contributed by atoms with Crippen LogP contribution in [0.2, 0.25) is 0 Å². The second-order valence-electron chi connectivity index (χ2n) is 7.70. The van der Waals surface area contributed by atoms with E-state index < -0.39 is 15.8 Å². The predicted molar refractivity (Wildman–Crippen MR) is 111 cm³/mol. The molecule has 2 aliphatic rings. The molecule has 0 saturated carbocycles. The Bertz CT molecular complexity index is 1040. The fourth-order valence-corrected chi connectivity index (χ4v) is 6.99. The maximum Gasteiger partial charge on any atom is 0.229 e. The molecule has 1 atom stereocenters. The molecule has 0 radical (unpaired) electrons. The van der Waals surface area contributed by atoms with Gasteiger partial charge in [-0.05, 0) is 44.6 Å². The summed E-state index contributed by atoms with van der Waals surface area (Å²) in [7, 11) is -3.13. The van der Waals surface area contributed by atoms with Gasteiger partial charge in [0.25, 0.3) is 0 Å². The second kappa shape index (κ2) is 7.44. The van der Waals surface area contributed by atoms with Crippen LogP contribution in [0, 0.1) is 12.8 Å². The van der Waals surface area contributed by atoms with E-state index in [9.17, 15) is 18.0 Å². The van der Waals surface area contributed by atoms with Gasteiger partial charge in [-0.1, -0.05) is 29.8 Å². The molecule has 4 rings (SSSR count). The van der Waals surface area contributed by atoms with Gasteiger partial charge in [0.2, 0.25) is 5.91 Å². The van der Waals surface area contributed by atoms with Crippen LogP contribution in [0.4, 0.5) is 5.00 Å². The van der Waals surface area contributed by atoms with Crippen molar-refractivity contribution in [1.29, 1.82) is 0 Å². The third kappa shape index (κ3) is 3.78. The Hall–Kier alpha value is -1.99. The monoisotopic (exact) mass is 417 g/mol. The van der Waals surface area contributed by atoms with Crippen LogP contribution in [0.15, 0.2) is 24.3 Å². The highest BCUT2D eigenvalue weighted by molar-refractivity contribution is 7.91. The van der Waals surface area contributed by atoms with Gasteiger partial charge in [-0.3, -0.25) is 9.59 Å². The summed E-state index contributed by atoms with van der Waals surface area (Å²) in [6, 6.07) is 7.46. The zero-order valence-corrected chi connectivity index (χ0v) is 17.4. The molecule has 1 aromatic heterocycles. The highest BCUT2D eigenvalue weighted by Crippen LogP contribution is 2.39. The maximum absolute atomic E-state index is 13.3. The quantitative estimate of drug-likeness (QED) is 0.772. The highest BCUT2D eigenvalue weighted by atomic mass is 32.2. The zero-order valence-electron chi connectivity index (χ0n) is 15.8. The Labute approximate surface area is 169 Å². The molecule has 1 amide bonds. The summed E-state index contributed by atoms with van der Waals surface area (Å²) in [5.74, 6) is -0.954. The largest absolute Gasteiger partial charge is 0.317 e. The fourth-order valence-electron chi connectivity index (χ4n) is 3.96. The van der Waals surface area contributed by atoms with E-state index in [1.165, 1.54) is 11.3 Å². The van der Waals surface area contributed by atoms with Crippen molar-refractivity contribution in [3.05, 3.63) is 51.4 Å². The number of amides is 1. The van der Waals surface area contributed by atoms with Crippen molar-refractivity contribution in [2.75, 3.05) is 16.8 Å². The van der Waals surface area contributed by atoms with E-state index >= 15 is 0 Å². The van der Waals surface area contributed by atoms with Crippen LogP contribution in [0.1, 0.15) is 51.2 Å². The van der Waals surface area contributed by atoms with Crippen molar-refractivity contribution in [3.8, 4) is 0 Å². The summed E-state index contributed by atoms with van der Waals surface area (Å²) in [4.78, 5) is 27.1. The van der Waals surface area contributed by atoms with Crippen LogP contribution in [0.25, 0.3) is 0 Å². The molecule has 2 aromatic rings. The average Bonchev–Trinajstić information content (AvgIpc) is 3.21. The fraction of sp³-hybridized carbons (Fsp3) is 0.429. The molecule has 5 nitrogen and oxygen atoms in total. The van der Waals surface area contributed by atoms with Crippen LogP contribution >= 0.6 is 11.3 Å². The number of hydrogen-bond donors (Lipinski definition) is 1. The minimum absolute atomic E-state index is 0.0567. The van der Waals surface area contributed by atoms with E-state index in [-0.39, 0.29) is 23.2 Å². The smallest absolute Gasteiger partial charge is 0.229 e.